The van der Waals surface area contributed by atoms with Crippen molar-refractivity contribution in [1.82, 2.24) is 4.90 Å². The Morgan fingerprint density at radius 3 is 2.31 bits per heavy atom. The van der Waals surface area contributed by atoms with Crippen molar-refractivity contribution in [3.05, 3.63) is 51.5 Å². The third-order valence-corrected chi connectivity index (χ3v) is 6.89. The van der Waals surface area contributed by atoms with Gasteiger partial charge in [-0.3, -0.25) is 9.59 Å². The van der Waals surface area contributed by atoms with E-state index in [2.05, 4.69) is 5.32 Å². The topological polar surface area (TPSA) is 67.9 Å². The van der Waals surface area contributed by atoms with Gasteiger partial charge in [-0.2, -0.15) is 0 Å². The second-order valence-corrected chi connectivity index (χ2v) is 9.03. The number of nitrogens with zero attached hydrogens (tertiary/aromatic N) is 1. The van der Waals surface area contributed by atoms with Gasteiger partial charge in [0.25, 0.3) is 5.91 Å². The third-order valence-electron chi connectivity index (χ3n) is 6.15. The van der Waals surface area contributed by atoms with Crippen LogP contribution in [0, 0.1) is 5.92 Å². The highest BCUT2D eigenvalue weighted by Gasteiger charge is 2.44. The van der Waals surface area contributed by atoms with Crippen molar-refractivity contribution in [2.24, 2.45) is 5.92 Å². The number of anilines is 1. The first-order chi connectivity index (χ1) is 15.4. The Morgan fingerprint density at radius 1 is 0.969 bits per heavy atom. The Labute approximate surface area is 197 Å². The molecule has 0 aromatic heterocycles. The van der Waals surface area contributed by atoms with Crippen LogP contribution in [0.25, 0.3) is 0 Å². The molecular weight excluding hydrogens is 451 g/mol. The molecule has 170 valence electrons. The number of amides is 2. The minimum Gasteiger partial charge on any atom is -0.493 e. The van der Waals surface area contributed by atoms with E-state index >= 15 is 0 Å². The van der Waals surface area contributed by atoms with Crippen LogP contribution in [0.2, 0.25) is 10.0 Å². The van der Waals surface area contributed by atoms with Gasteiger partial charge >= 0.3 is 0 Å². The Balaban J connectivity index is 1.57. The van der Waals surface area contributed by atoms with Gasteiger partial charge in [0.1, 0.15) is 0 Å². The summed E-state index contributed by atoms with van der Waals surface area (Å²) in [4.78, 5) is 28.1. The lowest BCUT2D eigenvalue weighted by atomic mass is 10.1. The van der Waals surface area contributed by atoms with E-state index < -0.39 is 0 Å². The fourth-order valence-electron chi connectivity index (χ4n) is 4.25. The van der Waals surface area contributed by atoms with Gasteiger partial charge in [-0.15, -0.1) is 0 Å². The van der Waals surface area contributed by atoms with Crippen LogP contribution in [0.15, 0.2) is 30.3 Å². The van der Waals surface area contributed by atoms with Crippen molar-refractivity contribution in [3.8, 4) is 11.5 Å². The average Bonchev–Trinajstić information content (AvgIpc) is 3.62. The van der Waals surface area contributed by atoms with Crippen LogP contribution in [0.5, 0.6) is 11.5 Å². The molecule has 1 saturated carbocycles. The molecule has 2 fully saturated rings. The van der Waals surface area contributed by atoms with Crippen LogP contribution in [-0.4, -0.2) is 44.0 Å². The second kappa shape index (κ2) is 9.59. The van der Waals surface area contributed by atoms with E-state index in [1.807, 2.05) is 17.0 Å². The summed E-state index contributed by atoms with van der Waals surface area (Å²) in [7, 11) is 3.05. The molecule has 2 aromatic carbocycles. The number of benzene rings is 2. The van der Waals surface area contributed by atoms with E-state index in [0.717, 1.165) is 24.8 Å². The van der Waals surface area contributed by atoms with Gasteiger partial charge in [-0.25, -0.2) is 0 Å². The van der Waals surface area contributed by atoms with Crippen molar-refractivity contribution in [3.63, 3.8) is 0 Å². The van der Waals surface area contributed by atoms with Crippen molar-refractivity contribution in [1.29, 1.82) is 0 Å². The smallest absolute Gasteiger partial charge is 0.256 e. The Bertz CT molecular complexity index is 1040. The number of carbonyl (C=O) groups excluding carboxylic acids is 2. The van der Waals surface area contributed by atoms with E-state index in [-0.39, 0.29) is 23.7 Å². The summed E-state index contributed by atoms with van der Waals surface area (Å²) < 4.78 is 10.8. The predicted molar refractivity (Wildman–Crippen MR) is 125 cm³/mol. The number of ether oxygens (including phenoxy) is 2. The van der Waals surface area contributed by atoms with Gasteiger partial charge in [0.15, 0.2) is 11.5 Å². The Hall–Kier alpha value is -2.44. The summed E-state index contributed by atoms with van der Waals surface area (Å²) in [6.45, 7) is 1.42. The lowest BCUT2D eigenvalue weighted by molar-refractivity contribution is -0.117. The number of likely N-dealkylation sites (tertiary alicyclic amines) is 1. The first-order valence-corrected chi connectivity index (χ1v) is 11.5. The molecule has 0 bridgehead atoms. The summed E-state index contributed by atoms with van der Waals surface area (Å²) in [5, 5.41) is 3.93. The third kappa shape index (κ3) is 4.66. The summed E-state index contributed by atoms with van der Waals surface area (Å²) in [5.41, 5.74) is 1.82. The van der Waals surface area contributed by atoms with E-state index in [0.29, 0.717) is 52.3 Å². The molecule has 2 amide bonds. The molecule has 4 rings (SSSR count). The van der Waals surface area contributed by atoms with Crippen LogP contribution in [-0.2, 0) is 4.79 Å². The predicted octanol–water partition coefficient (Wildman–Crippen LogP) is 5.38. The van der Waals surface area contributed by atoms with E-state index in [1.165, 1.54) is 14.2 Å². The zero-order valence-electron chi connectivity index (χ0n) is 18.1. The van der Waals surface area contributed by atoms with Crippen LogP contribution in [0.1, 0.15) is 47.5 Å². The minimum absolute atomic E-state index is 0.0751. The SMILES string of the molecule is COc1cc(NC(=O)C2CC2c2ccc(Cl)c(Cl)c2)c(C(=O)N2CCCCC2)cc1OC. The number of rotatable bonds is 6. The summed E-state index contributed by atoms with van der Waals surface area (Å²) >= 11 is 12.1. The molecule has 32 heavy (non-hydrogen) atoms. The molecule has 8 heteroatoms. The standard InChI is InChI=1S/C24H26Cl2N2O4/c1-31-21-12-17(24(30)28-8-4-3-5-9-28)20(13-22(21)32-2)27-23(29)16-11-15(16)14-6-7-18(25)19(26)10-14/h6-7,10,12-13,15-16H,3-5,8-9,11H2,1-2H3,(H,27,29). The van der Waals surface area contributed by atoms with E-state index in [9.17, 15) is 9.59 Å². The monoisotopic (exact) mass is 476 g/mol. The van der Waals surface area contributed by atoms with Gasteiger partial charge in [-0.05, 0) is 55.4 Å². The van der Waals surface area contributed by atoms with Crippen molar-refractivity contribution in [2.75, 3.05) is 32.6 Å². The summed E-state index contributed by atoms with van der Waals surface area (Å²) in [6, 6.07) is 8.76. The highest BCUT2D eigenvalue weighted by molar-refractivity contribution is 6.42. The molecule has 1 saturated heterocycles. The van der Waals surface area contributed by atoms with Crippen LogP contribution in [0.4, 0.5) is 5.69 Å². The number of halogens is 2. The lowest BCUT2D eigenvalue weighted by Gasteiger charge is -2.28. The highest BCUT2D eigenvalue weighted by Crippen LogP contribution is 2.49. The molecule has 2 atom stereocenters. The highest BCUT2D eigenvalue weighted by atomic mass is 35.5. The molecule has 1 N–H and O–H groups in total. The van der Waals surface area contributed by atoms with E-state index in [4.69, 9.17) is 32.7 Å². The van der Waals surface area contributed by atoms with Crippen LogP contribution in [0.3, 0.4) is 0 Å². The lowest BCUT2D eigenvalue weighted by Crippen LogP contribution is -2.36. The molecule has 1 heterocycles. The number of nitrogens with one attached hydrogen (secondary N) is 1. The number of hydrogen-bond acceptors (Lipinski definition) is 4. The number of hydrogen-bond donors (Lipinski definition) is 1. The van der Waals surface area contributed by atoms with Gasteiger partial charge in [0.2, 0.25) is 5.91 Å². The van der Waals surface area contributed by atoms with Crippen LogP contribution < -0.4 is 14.8 Å². The quantitative estimate of drug-likeness (QED) is 0.607. The van der Waals surface area contributed by atoms with E-state index in [1.54, 1.807) is 18.2 Å². The molecule has 2 aliphatic rings. The molecule has 0 spiro atoms. The Morgan fingerprint density at radius 2 is 1.66 bits per heavy atom. The fraction of sp³-hybridized carbons (Fsp3) is 0.417. The molecule has 1 aliphatic heterocycles. The molecule has 1 aliphatic carbocycles. The normalized spacial score (nSPS) is 19.9. The zero-order valence-corrected chi connectivity index (χ0v) is 19.6. The van der Waals surface area contributed by atoms with Gasteiger partial charge in [-0.1, -0.05) is 29.3 Å². The molecule has 6 nitrogen and oxygen atoms in total. The number of piperidine rings is 1. The first-order valence-electron chi connectivity index (χ1n) is 10.7. The van der Waals surface area contributed by atoms with Gasteiger partial charge < -0.3 is 19.7 Å². The first kappa shape index (κ1) is 22.7. The maximum atomic E-state index is 13.3. The van der Waals surface area contributed by atoms with Crippen molar-refractivity contribution >= 4 is 40.7 Å². The minimum atomic E-state index is -0.196. The van der Waals surface area contributed by atoms with Crippen LogP contribution >= 0.6 is 23.2 Å². The molecule has 2 unspecified atom stereocenters. The Kier molecular flexibility index (Phi) is 6.82. The average molecular weight is 477 g/mol. The number of methoxy groups -OCH3 is 2. The largest absolute Gasteiger partial charge is 0.493 e. The molecular formula is C24H26Cl2N2O4. The molecule has 0 radical (unpaired) electrons. The van der Waals surface area contributed by atoms with Gasteiger partial charge in [0.05, 0.1) is 35.5 Å². The summed E-state index contributed by atoms with van der Waals surface area (Å²) in [5.74, 6) is 0.531. The zero-order chi connectivity index (χ0) is 22.8. The maximum absolute atomic E-state index is 13.3. The van der Waals surface area contributed by atoms with Gasteiger partial charge in [0, 0.05) is 25.1 Å². The maximum Gasteiger partial charge on any atom is 0.256 e. The number of carbonyl (C=O) groups is 2. The summed E-state index contributed by atoms with van der Waals surface area (Å²) in [6.07, 6.45) is 3.80. The second-order valence-electron chi connectivity index (χ2n) is 8.22. The van der Waals surface area contributed by atoms with Crippen molar-refractivity contribution < 1.29 is 19.1 Å². The van der Waals surface area contributed by atoms with Crippen molar-refractivity contribution in [2.45, 2.75) is 31.6 Å². The fourth-order valence-corrected chi connectivity index (χ4v) is 4.55. The molecule has 2 aromatic rings.